The van der Waals surface area contributed by atoms with Gasteiger partial charge in [-0.2, -0.15) is 0 Å². The van der Waals surface area contributed by atoms with Gasteiger partial charge in [-0.05, 0) is 62.6 Å². The third-order valence-corrected chi connectivity index (χ3v) is 3.02. The van der Waals surface area contributed by atoms with Gasteiger partial charge in [0.05, 0.1) is 0 Å². The lowest BCUT2D eigenvalue weighted by atomic mass is 10.1. The highest BCUT2D eigenvalue weighted by Crippen LogP contribution is 2.29. The number of halogens is 1. The van der Waals surface area contributed by atoms with Crippen LogP contribution in [0.2, 0.25) is 0 Å². The molecule has 2 N–H and O–H groups in total. The van der Waals surface area contributed by atoms with Crippen LogP contribution in [-0.2, 0) is 6.42 Å². The number of nitrogens with two attached hydrogens (primary N) is 1. The van der Waals surface area contributed by atoms with Crippen LogP contribution >= 0.6 is 0 Å². The van der Waals surface area contributed by atoms with Crippen LogP contribution in [0.5, 0.6) is 11.5 Å². The van der Waals surface area contributed by atoms with Crippen molar-refractivity contribution in [3.8, 4) is 11.5 Å². The molecule has 0 aliphatic rings. The normalized spacial score (nSPS) is 12.2. The summed E-state index contributed by atoms with van der Waals surface area (Å²) in [6.45, 7) is 5.87. The molecule has 1 atom stereocenters. The number of rotatable bonds is 4. The lowest BCUT2D eigenvalue weighted by Crippen LogP contribution is -2.19. The van der Waals surface area contributed by atoms with Crippen LogP contribution in [0.3, 0.4) is 0 Å². The van der Waals surface area contributed by atoms with Gasteiger partial charge in [-0.25, -0.2) is 4.39 Å². The molecule has 0 radical (unpaired) electrons. The largest absolute Gasteiger partial charge is 0.457 e. The maximum absolute atomic E-state index is 13.9. The first-order valence-corrected chi connectivity index (χ1v) is 6.75. The Morgan fingerprint density at radius 2 is 1.80 bits per heavy atom. The summed E-state index contributed by atoms with van der Waals surface area (Å²) >= 11 is 0. The fraction of sp³-hybridized carbons (Fsp3) is 0.294. The first-order valence-electron chi connectivity index (χ1n) is 6.75. The van der Waals surface area contributed by atoms with Crippen LogP contribution in [0.1, 0.15) is 23.6 Å². The molecule has 0 amide bonds. The van der Waals surface area contributed by atoms with Crippen molar-refractivity contribution in [2.75, 3.05) is 0 Å². The first kappa shape index (κ1) is 14.5. The van der Waals surface area contributed by atoms with E-state index in [4.69, 9.17) is 10.5 Å². The van der Waals surface area contributed by atoms with E-state index in [0.29, 0.717) is 17.7 Å². The molecule has 2 aromatic rings. The quantitative estimate of drug-likeness (QED) is 0.909. The molecule has 2 aromatic carbocycles. The molecule has 0 spiro atoms. The summed E-state index contributed by atoms with van der Waals surface area (Å²) in [5, 5.41) is 0. The Kier molecular flexibility index (Phi) is 4.40. The molecule has 1 unspecified atom stereocenters. The first-order chi connectivity index (χ1) is 9.45. The highest BCUT2D eigenvalue weighted by Gasteiger charge is 2.12. The molecule has 20 heavy (non-hydrogen) atoms. The number of aryl methyl sites for hydroxylation is 2. The predicted octanol–water partition coefficient (Wildman–Crippen LogP) is 4.12. The molecule has 0 saturated heterocycles. The summed E-state index contributed by atoms with van der Waals surface area (Å²) in [6.07, 6.45) is 0.451. The molecule has 2 nitrogen and oxygen atoms in total. The monoisotopic (exact) mass is 273 g/mol. The second-order valence-corrected chi connectivity index (χ2v) is 5.32. The minimum absolute atomic E-state index is 0.117. The van der Waals surface area contributed by atoms with Crippen molar-refractivity contribution in [2.24, 2.45) is 5.73 Å². The Hall–Kier alpha value is -1.87. The maximum Gasteiger partial charge on any atom is 0.133 e. The molecule has 0 heterocycles. The zero-order chi connectivity index (χ0) is 14.7. The van der Waals surface area contributed by atoms with Gasteiger partial charge in [0, 0.05) is 11.6 Å². The minimum atomic E-state index is -0.274. The van der Waals surface area contributed by atoms with E-state index < -0.39 is 0 Å². The van der Waals surface area contributed by atoms with Crippen LogP contribution in [0.4, 0.5) is 4.39 Å². The predicted molar refractivity (Wildman–Crippen MR) is 79.7 cm³/mol. The van der Waals surface area contributed by atoms with Crippen LogP contribution in [-0.4, -0.2) is 6.04 Å². The third kappa shape index (κ3) is 3.58. The van der Waals surface area contributed by atoms with E-state index in [-0.39, 0.29) is 11.9 Å². The average Bonchev–Trinajstić information content (AvgIpc) is 2.32. The lowest BCUT2D eigenvalue weighted by Gasteiger charge is -2.14. The molecule has 0 aliphatic carbocycles. The fourth-order valence-electron chi connectivity index (χ4n) is 2.27. The van der Waals surface area contributed by atoms with Gasteiger partial charge in [0.2, 0.25) is 0 Å². The van der Waals surface area contributed by atoms with Crippen molar-refractivity contribution < 1.29 is 9.13 Å². The van der Waals surface area contributed by atoms with Crippen LogP contribution in [0.25, 0.3) is 0 Å². The van der Waals surface area contributed by atoms with E-state index >= 15 is 0 Å². The number of hydrogen-bond donors (Lipinski definition) is 1. The van der Waals surface area contributed by atoms with E-state index in [0.717, 1.165) is 16.9 Å². The molecule has 106 valence electrons. The minimum Gasteiger partial charge on any atom is -0.457 e. The smallest absolute Gasteiger partial charge is 0.133 e. The van der Waals surface area contributed by atoms with Crippen molar-refractivity contribution in [1.82, 2.24) is 0 Å². The van der Waals surface area contributed by atoms with Gasteiger partial charge >= 0.3 is 0 Å². The Labute approximate surface area is 119 Å². The molecular weight excluding hydrogens is 253 g/mol. The van der Waals surface area contributed by atoms with Crippen molar-refractivity contribution >= 4 is 0 Å². The van der Waals surface area contributed by atoms with Crippen LogP contribution in [0.15, 0.2) is 36.4 Å². The second kappa shape index (κ2) is 6.06. The van der Waals surface area contributed by atoms with E-state index in [1.807, 2.05) is 32.9 Å². The summed E-state index contributed by atoms with van der Waals surface area (Å²) in [5.41, 5.74) is 8.54. The van der Waals surface area contributed by atoms with Gasteiger partial charge in [-0.15, -0.1) is 0 Å². The van der Waals surface area contributed by atoms with E-state index in [1.54, 1.807) is 12.1 Å². The number of benzene rings is 2. The lowest BCUT2D eigenvalue weighted by molar-refractivity contribution is 0.463. The number of hydrogen-bond acceptors (Lipinski definition) is 2. The summed E-state index contributed by atoms with van der Waals surface area (Å²) in [5.74, 6) is 0.982. The highest BCUT2D eigenvalue weighted by atomic mass is 19.1. The van der Waals surface area contributed by atoms with Crippen LogP contribution in [0, 0.1) is 19.7 Å². The van der Waals surface area contributed by atoms with E-state index in [1.165, 1.54) is 6.07 Å². The van der Waals surface area contributed by atoms with Gasteiger partial charge in [-0.1, -0.05) is 12.1 Å². The second-order valence-electron chi connectivity index (χ2n) is 5.32. The maximum atomic E-state index is 13.9. The SMILES string of the molecule is Cc1cc(C)cc(Oc2cccc(F)c2CC(C)N)c1. The zero-order valence-electron chi connectivity index (χ0n) is 12.1. The molecule has 0 aliphatic heterocycles. The Balaban J connectivity index is 2.35. The third-order valence-electron chi connectivity index (χ3n) is 3.02. The molecule has 0 aromatic heterocycles. The number of ether oxygens (including phenoxy) is 1. The Morgan fingerprint density at radius 1 is 1.15 bits per heavy atom. The van der Waals surface area contributed by atoms with Crippen molar-refractivity contribution in [1.29, 1.82) is 0 Å². The molecule has 3 heteroatoms. The molecule has 0 saturated carbocycles. The molecule has 0 bridgehead atoms. The Morgan fingerprint density at radius 3 is 2.40 bits per heavy atom. The van der Waals surface area contributed by atoms with Gasteiger partial charge in [0.15, 0.2) is 0 Å². The molecule has 2 rings (SSSR count). The summed E-state index contributed by atoms with van der Waals surface area (Å²) < 4.78 is 19.8. The van der Waals surface area contributed by atoms with Gasteiger partial charge in [0.1, 0.15) is 17.3 Å². The van der Waals surface area contributed by atoms with E-state index in [9.17, 15) is 4.39 Å². The highest BCUT2D eigenvalue weighted by molar-refractivity contribution is 5.41. The standard InChI is InChI=1S/C17H20FNO/c1-11-7-12(2)9-14(8-11)20-17-6-4-5-16(18)15(17)10-13(3)19/h4-9,13H,10,19H2,1-3H3. The topological polar surface area (TPSA) is 35.2 Å². The van der Waals surface area contributed by atoms with Crippen molar-refractivity contribution in [2.45, 2.75) is 33.2 Å². The zero-order valence-corrected chi connectivity index (χ0v) is 12.1. The summed E-state index contributed by atoms with van der Waals surface area (Å²) in [6, 6.07) is 10.7. The summed E-state index contributed by atoms with van der Waals surface area (Å²) in [7, 11) is 0. The van der Waals surface area contributed by atoms with Crippen molar-refractivity contribution in [3.63, 3.8) is 0 Å². The van der Waals surface area contributed by atoms with Crippen molar-refractivity contribution in [3.05, 3.63) is 58.9 Å². The van der Waals surface area contributed by atoms with Gasteiger partial charge in [-0.3, -0.25) is 0 Å². The molecular formula is C17H20FNO. The van der Waals surface area contributed by atoms with Crippen LogP contribution < -0.4 is 10.5 Å². The fourth-order valence-corrected chi connectivity index (χ4v) is 2.27. The van der Waals surface area contributed by atoms with E-state index in [2.05, 4.69) is 6.07 Å². The van der Waals surface area contributed by atoms with Gasteiger partial charge in [0.25, 0.3) is 0 Å². The Bertz CT molecular complexity index is 588. The average molecular weight is 273 g/mol. The van der Waals surface area contributed by atoms with Gasteiger partial charge < -0.3 is 10.5 Å². The molecule has 0 fully saturated rings. The summed E-state index contributed by atoms with van der Waals surface area (Å²) in [4.78, 5) is 0.